The highest BCUT2D eigenvalue weighted by atomic mass is 19.1. The van der Waals surface area contributed by atoms with Crippen LogP contribution in [0.15, 0.2) is 24.5 Å². The van der Waals surface area contributed by atoms with Gasteiger partial charge in [0.05, 0.1) is 13.2 Å². The number of aliphatic hydroxyl groups is 1. The molecule has 1 heterocycles. The Morgan fingerprint density at radius 2 is 2.14 bits per heavy atom. The Labute approximate surface area is 123 Å². The van der Waals surface area contributed by atoms with E-state index in [2.05, 4.69) is 23.9 Å². The molecule has 114 valence electrons. The fourth-order valence-electron chi connectivity index (χ4n) is 2.12. The zero-order chi connectivity index (χ0) is 15.4. The van der Waals surface area contributed by atoms with Gasteiger partial charge in [-0.05, 0) is 23.6 Å². The van der Waals surface area contributed by atoms with E-state index in [9.17, 15) is 9.50 Å². The molecule has 0 amide bonds. The second kappa shape index (κ2) is 6.67. The Kier molecular flexibility index (Phi) is 4.90. The summed E-state index contributed by atoms with van der Waals surface area (Å²) in [6.07, 6.45) is 1.02. The van der Waals surface area contributed by atoms with Gasteiger partial charge in [-0.3, -0.25) is 0 Å². The van der Waals surface area contributed by atoms with Crippen LogP contribution in [-0.2, 0) is 13.0 Å². The SMILES string of the molecule is COc1cc(C(O)Cc2ncnn2CC(C)C)ccc1F. The Morgan fingerprint density at radius 3 is 2.81 bits per heavy atom. The lowest BCUT2D eigenvalue weighted by molar-refractivity contribution is 0.173. The maximum atomic E-state index is 13.4. The fourth-order valence-corrected chi connectivity index (χ4v) is 2.12. The van der Waals surface area contributed by atoms with Crippen molar-refractivity contribution in [3.8, 4) is 5.75 Å². The average Bonchev–Trinajstić information content (AvgIpc) is 2.85. The summed E-state index contributed by atoms with van der Waals surface area (Å²) in [5, 5.41) is 14.5. The second-order valence-corrected chi connectivity index (χ2v) is 5.37. The number of benzene rings is 1. The Morgan fingerprint density at radius 1 is 1.38 bits per heavy atom. The average molecular weight is 293 g/mol. The van der Waals surface area contributed by atoms with E-state index in [-0.39, 0.29) is 5.75 Å². The number of aromatic nitrogens is 3. The van der Waals surface area contributed by atoms with Crippen molar-refractivity contribution in [3.63, 3.8) is 0 Å². The molecule has 21 heavy (non-hydrogen) atoms. The van der Waals surface area contributed by atoms with Gasteiger partial charge in [0.2, 0.25) is 0 Å². The predicted molar refractivity (Wildman–Crippen MR) is 76.5 cm³/mol. The molecule has 0 aliphatic rings. The van der Waals surface area contributed by atoms with Crippen LogP contribution in [0.3, 0.4) is 0 Å². The van der Waals surface area contributed by atoms with Crippen LogP contribution in [0.2, 0.25) is 0 Å². The van der Waals surface area contributed by atoms with Crippen molar-refractivity contribution < 1.29 is 14.2 Å². The minimum Gasteiger partial charge on any atom is -0.494 e. The standard InChI is InChI=1S/C15H20FN3O2/c1-10(2)8-19-15(17-9-18-19)7-13(20)11-4-5-12(16)14(6-11)21-3/h4-6,9-10,13,20H,7-8H2,1-3H3. The number of aliphatic hydroxyl groups excluding tert-OH is 1. The van der Waals surface area contributed by atoms with Crippen LogP contribution >= 0.6 is 0 Å². The first-order valence-corrected chi connectivity index (χ1v) is 6.89. The van der Waals surface area contributed by atoms with E-state index >= 15 is 0 Å². The first-order valence-electron chi connectivity index (χ1n) is 6.89. The Balaban J connectivity index is 2.14. The molecule has 1 N–H and O–H groups in total. The van der Waals surface area contributed by atoms with Gasteiger partial charge in [-0.1, -0.05) is 19.9 Å². The molecule has 1 atom stereocenters. The van der Waals surface area contributed by atoms with Crippen LogP contribution in [0.4, 0.5) is 4.39 Å². The van der Waals surface area contributed by atoms with Crippen molar-refractivity contribution >= 4 is 0 Å². The van der Waals surface area contributed by atoms with E-state index in [1.54, 1.807) is 10.7 Å². The third-order valence-corrected chi connectivity index (χ3v) is 3.17. The third kappa shape index (κ3) is 3.78. The maximum Gasteiger partial charge on any atom is 0.165 e. The first kappa shape index (κ1) is 15.4. The van der Waals surface area contributed by atoms with Gasteiger partial charge in [-0.25, -0.2) is 14.1 Å². The Hall–Kier alpha value is -1.95. The van der Waals surface area contributed by atoms with Crippen molar-refractivity contribution in [3.05, 3.63) is 41.7 Å². The molecule has 0 saturated heterocycles. The van der Waals surface area contributed by atoms with Crippen molar-refractivity contribution in [2.75, 3.05) is 7.11 Å². The normalized spacial score (nSPS) is 12.7. The smallest absolute Gasteiger partial charge is 0.165 e. The molecule has 5 nitrogen and oxygen atoms in total. The number of ether oxygens (including phenoxy) is 1. The topological polar surface area (TPSA) is 60.2 Å². The molecule has 2 rings (SSSR count). The molecule has 0 saturated carbocycles. The van der Waals surface area contributed by atoms with E-state index in [1.807, 2.05) is 0 Å². The third-order valence-electron chi connectivity index (χ3n) is 3.17. The van der Waals surface area contributed by atoms with Crippen LogP contribution in [0, 0.1) is 11.7 Å². The van der Waals surface area contributed by atoms with E-state index in [0.717, 1.165) is 6.54 Å². The molecule has 6 heteroatoms. The number of hydrogen-bond acceptors (Lipinski definition) is 4. The highest BCUT2D eigenvalue weighted by Crippen LogP contribution is 2.24. The number of hydrogen-bond donors (Lipinski definition) is 1. The summed E-state index contributed by atoms with van der Waals surface area (Å²) in [4.78, 5) is 4.18. The summed E-state index contributed by atoms with van der Waals surface area (Å²) >= 11 is 0. The van der Waals surface area contributed by atoms with Gasteiger partial charge >= 0.3 is 0 Å². The maximum absolute atomic E-state index is 13.4. The molecule has 0 aliphatic carbocycles. The van der Waals surface area contributed by atoms with Crippen LogP contribution in [-0.4, -0.2) is 27.0 Å². The molecule has 0 spiro atoms. The molecular weight excluding hydrogens is 273 g/mol. The molecule has 1 unspecified atom stereocenters. The lowest BCUT2D eigenvalue weighted by atomic mass is 10.1. The van der Waals surface area contributed by atoms with Gasteiger partial charge in [-0.2, -0.15) is 5.10 Å². The molecule has 0 aliphatic heterocycles. The zero-order valence-electron chi connectivity index (χ0n) is 12.5. The molecule has 0 bridgehead atoms. The zero-order valence-corrected chi connectivity index (χ0v) is 12.5. The van der Waals surface area contributed by atoms with Crippen molar-refractivity contribution in [2.24, 2.45) is 5.92 Å². The summed E-state index contributed by atoms with van der Waals surface area (Å²) in [5.41, 5.74) is 0.590. The van der Waals surface area contributed by atoms with Crippen LogP contribution < -0.4 is 4.74 Å². The molecule has 1 aromatic carbocycles. The largest absolute Gasteiger partial charge is 0.494 e. The highest BCUT2D eigenvalue weighted by Gasteiger charge is 2.15. The summed E-state index contributed by atoms with van der Waals surface area (Å²) in [7, 11) is 1.40. The number of nitrogens with zero attached hydrogens (tertiary/aromatic N) is 3. The quantitative estimate of drug-likeness (QED) is 0.888. The summed E-state index contributed by atoms with van der Waals surface area (Å²) in [5.74, 6) is 0.819. The predicted octanol–water partition coefficient (Wildman–Crippen LogP) is 2.36. The number of rotatable bonds is 6. The van der Waals surface area contributed by atoms with Crippen LogP contribution in [0.5, 0.6) is 5.75 Å². The molecular formula is C15H20FN3O2. The van der Waals surface area contributed by atoms with E-state index in [1.165, 1.54) is 25.6 Å². The van der Waals surface area contributed by atoms with Crippen molar-refractivity contribution in [1.82, 2.24) is 14.8 Å². The summed E-state index contributed by atoms with van der Waals surface area (Å²) < 4.78 is 20.1. The molecule has 2 aromatic rings. The number of halogens is 1. The Bertz CT molecular complexity index is 598. The van der Waals surface area contributed by atoms with E-state index in [4.69, 9.17) is 4.74 Å². The molecule has 0 fully saturated rings. The van der Waals surface area contributed by atoms with Crippen molar-refractivity contribution in [1.29, 1.82) is 0 Å². The van der Waals surface area contributed by atoms with E-state index < -0.39 is 11.9 Å². The summed E-state index contributed by atoms with van der Waals surface area (Å²) in [6, 6.07) is 4.34. The first-order chi connectivity index (χ1) is 10.0. The highest BCUT2D eigenvalue weighted by molar-refractivity contribution is 5.31. The molecule has 1 aromatic heterocycles. The van der Waals surface area contributed by atoms with Gasteiger partial charge in [0, 0.05) is 13.0 Å². The number of methoxy groups -OCH3 is 1. The van der Waals surface area contributed by atoms with Gasteiger partial charge in [0.1, 0.15) is 12.2 Å². The van der Waals surface area contributed by atoms with Gasteiger partial charge < -0.3 is 9.84 Å². The van der Waals surface area contributed by atoms with Crippen LogP contribution in [0.25, 0.3) is 0 Å². The minimum atomic E-state index is -0.783. The van der Waals surface area contributed by atoms with Crippen molar-refractivity contribution in [2.45, 2.75) is 32.9 Å². The van der Waals surface area contributed by atoms with Crippen LogP contribution in [0.1, 0.15) is 31.3 Å². The minimum absolute atomic E-state index is 0.121. The van der Waals surface area contributed by atoms with Gasteiger partial charge in [0.25, 0.3) is 0 Å². The monoisotopic (exact) mass is 293 g/mol. The summed E-state index contributed by atoms with van der Waals surface area (Å²) in [6.45, 7) is 4.92. The second-order valence-electron chi connectivity index (χ2n) is 5.37. The fraction of sp³-hybridized carbons (Fsp3) is 0.467. The van der Waals surface area contributed by atoms with Gasteiger partial charge in [-0.15, -0.1) is 0 Å². The van der Waals surface area contributed by atoms with Gasteiger partial charge in [0.15, 0.2) is 11.6 Å². The lowest BCUT2D eigenvalue weighted by Gasteiger charge is -2.14. The lowest BCUT2D eigenvalue weighted by Crippen LogP contribution is -2.13. The molecule has 0 radical (unpaired) electrons. The van der Waals surface area contributed by atoms with E-state index in [0.29, 0.717) is 23.7 Å².